The smallest absolute Gasteiger partial charge is 0.251 e. The van der Waals surface area contributed by atoms with Crippen molar-refractivity contribution in [2.24, 2.45) is 0 Å². The largest absolute Gasteiger partial charge is 0.467 e. The molecule has 1 amide bonds. The molecule has 3 nitrogen and oxygen atoms in total. The summed E-state index contributed by atoms with van der Waals surface area (Å²) in [7, 11) is 0. The Hall–Kier alpha value is -1.45. The summed E-state index contributed by atoms with van der Waals surface area (Å²) in [6.07, 6.45) is 1.56. The summed E-state index contributed by atoms with van der Waals surface area (Å²) in [4.78, 5) is 11.7. The highest BCUT2D eigenvalue weighted by molar-refractivity contribution is 6.42. The van der Waals surface area contributed by atoms with Gasteiger partial charge in [-0.3, -0.25) is 4.79 Å². The molecule has 5 heteroatoms. The number of carbonyl (C=O) groups is 1. The van der Waals surface area contributed by atoms with Crippen LogP contribution in [0.5, 0.6) is 0 Å². The number of nitrogens with one attached hydrogen (secondary N) is 1. The third-order valence-corrected chi connectivity index (χ3v) is 2.92. The van der Waals surface area contributed by atoms with E-state index in [4.69, 9.17) is 27.6 Å². The summed E-state index contributed by atoms with van der Waals surface area (Å²) in [5.74, 6) is 0.471. The first-order valence-corrected chi connectivity index (χ1v) is 5.68. The molecule has 0 atom stereocenters. The number of furan rings is 1. The first-order chi connectivity index (χ1) is 8.16. The van der Waals surface area contributed by atoms with E-state index in [0.29, 0.717) is 27.9 Å². The Labute approximate surface area is 108 Å². The molecule has 0 saturated heterocycles. The van der Waals surface area contributed by atoms with Crippen LogP contribution in [0.1, 0.15) is 16.1 Å². The molecule has 88 valence electrons. The molecule has 17 heavy (non-hydrogen) atoms. The van der Waals surface area contributed by atoms with Gasteiger partial charge in [-0.05, 0) is 30.3 Å². The van der Waals surface area contributed by atoms with Gasteiger partial charge in [0.1, 0.15) is 5.76 Å². The molecule has 1 aromatic heterocycles. The third kappa shape index (κ3) is 3.02. The number of halogens is 2. The van der Waals surface area contributed by atoms with Crippen LogP contribution >= 0.6 is 23.2 Å². The summed E-state index contributed by atoms with van der Waals surface area (Å²) in [6.45, 7) is 0.339. The molecule has 0 radical (unpaired) electrons. The van der Waals surface area contributed by atoms with E-state index in [9.17, 15) is 4.79 Å². The van der Waals surface area contributed by atoms with Crippen LogP contribution in [0.2, 0.25) is 10.0 Å². The molecule has 2 rings (SSSR count). The molecule has 2 aromatic rings. The second-order valence-corrected chi connectivity index (χ2v) is 4.21. The van der Waals surface area contributed by atoms with E-state index in [0.717, 1.165) is 0 Å². The fraction of sp³-hybridized carbons (Fsp3) is 0.0833. The second kappa shape index (κ2) is 5.25. The van der Waals surface area contributed by atoms with E-state index < -0.39 is 0 Å². The van der Waals surface area contributed by atoms with E-state index in [1.165, 1.54) is 6.07 Å². The van der Waals surface area contributed by atoms with Gasteiger partial charge in [-0.25, -0.2) is 0 Å². The highest BCUT2D eigenvalue weighted by Gasteiger charge is 2.08. The van der Waals surface area contributed by atoms with Gasteiger partial charge in [-0.15, -0.1) is 0 Å². The number of amides is 1. The van der Waals surface area contributed by atoms with Crippen LogP contribution in [0.3, 0.4) is 0 Å². The quantitative estimate of drug-likeness (QED) is 0.927. The van der Waals surface area contributed by atoms with E-state index in [2.05, 4.69) is 5.32 Å². The van der Waals surface area contributed by atoms with E-state index in [-0.39, 0.29) is 5.91 Å². The van der Waals surface area contributed by atoms with Gasteiger partial charge in [0.25, 0.3) is 5.91 Å². The molecule has 0 fully saturated rings. The van der Waals surface area contributed by atoms with Gasteiger partial charge >= 0.3 is 0 Å². The van der Waals surface area contributed by atoms with Crippen molar-refractivity contribution in [3.8, 4) is 0 Å². The molecule has 1 heterocycles. The molecule has 0 unspecified atom stereocenters. The van der Waals surface area contributed by atoms with Crippen LogP contribution in [0.15, 0.2) is 41.0 Å². The van der Waals surface area contributed by atoms with Crippen LogP contribution < -0.4 is 5.32 Å². The van der Waals surface area contributed by atoms with Gasteiger partial charge in [0.05, 0.1) is 22.9 Å². The van der Waals surface area contributed by atoms with Crippen molar-refractivity contribution in [2.75, 3.05) is 0 Å². The second-order valence-electron chi connectivity index (χ2n) is 3.39. The Morgan fingerprint density at radius 3 is 2.71 bits per heavy atom. The lowest BCUT2D eigenvalue weighted by atomic mass is 10.2. The maximum atomic E-state index is 11.7. The predicted molar refractivity (Wildman–Crippen MR) is 66.3 cm³/mol. The van der Waals surface area contributed by atoms with E-state index >= 15 is 0 Å². The molecule has 1 aromatic carbocycles. The van der Waals surface area contributed by atoms with Gasteiger partial charge in [0.2, 0.25) is 0 Å². The lowest BCUT2D eigenvalue weighted by Gasteiger charge is -2.04. The number of hydrogen-bond donors (Lipinski definition) is 1. The summed E-state index contributed by atoms with van der Waals surface area (Å²) < 4.78 is 5.10. The van der Waals surface area contributed by atoms with Crippen molar-refractivity contribution >= 4 is 29.1 Å². The van der Waals surface area contributed by atoms with Gasteiger partial charge < -0.3 is 9.73 Å². The molecular weight excluding hydrogens is 261 g/mol. The van der Waals surface area contributed by atoms with Crippen molar-refractivity contribution in [2.45, 2.75) is 6.54 Å². The van der Waals surface area contributed by atoms with Crippen LogP contribution in [0.25, 0.3) is 0 Å². The average Bonchev–Trinajstić information content (AvgIpc) is 2.82. The van der Waals surface area contributed by atoms with Crippen molar-refractivity contribution in [3.05, 3.63) is 58.0 Å². The van der Waals surface area contributed by atoms with Crippen molar-refractivity contribution in [1.82, 2.24) is 5.32 Å². The van der Waals surface area contributed by atoms with Gasteiger partial charge in [-0.1, -0.05) is 23.2 Å². The molecule has 0 aliphatic rings. The summed E-state index contributed by atoms with van der Waals surface area (Å²) >= 11 is 11.6. The molecule has 0 aliphatic heterocycles. The lowest BCUT2D eigenvalue weighted by Crippen LogP contribution is -2.22. The lowest BCUT2D eigenvalue weighted by molar-refractivity contribution is 0.0948. The minimum absolute atomic E-state index is 0.222. The zero-order chi connectivity index (χ0) is 12.3. The maximum absolute atomic E-state index is 11.7. The highest BCUT2D eigenvalue weighted by Crippen LogP contribution is 2.22. The predicted octanol–water partition coefficient (Wildman–Crippen LogP) is 3.52. The SMILES string of the molecule is O=C(NCc1ccco1)c1ccc(Cl)c(Cl)c1. The minimum atomic E-state index is -0.222. The monoisotopic (exact) mass is 269 g/mol. The first-order valence-electron chi connectivity index (χ1n) is 4.92. The third-order valence-electron chi connectivity index (χ3n) is 2.19. The Kier molecular flexibility index (Phi) is 3.71. The summed E-state index contributed by atoms with van der Waals surface area (Å²) in [5, 5.41) is 3.50. The van der Waals surface area contributed by atoms with Crippen LogP contribution in [0, 0.1) is 0 Å². The van der Waals surface area contributed by atoms with Gasteiger partial charge in [0, 0.05) is 5.56 Å². The van der Waals surface area contributed by atoms with Gasteiger partial charge in [0.15, 0.2) is 0 Å². The van der Waals surface area contributed by atoms with Crippen LogP contribution in [-0.4, -0.2) is 5.91 Å². The van der Waals surface area contributed by atoms with Crippen molar-refractivity contribution in [3.63, 3.8) is 0 Å². The first kappa shape index (κ1) is 12.0. The van der Waals surface area contributed by atoms with Crippen molar-refractivity contribution in [1.29, 1.82) is 0 Å². The molecular formula is C12H9Cl2NO2. The van der Waals surface area contributed by atoms with Gasteiger partial charge in [-0.2, -0.15) is 0 Å². The van der Waals surface area contributed by atoms with Crippen molar-refractivity contribution < 1.29 is 9.21 Å². The molecule has 0 spiro atoms. The fourth-order valence-electron chi connectivity index (χ4n) is 1.32. The number of hydrogen-bond acceptors (Lipinski definition) is 2. The maximum Gasteiger partial charge on any atom is 0.251 e. The Bertz CT molecular complexity index is 523. The summed E-state index contributed by atoms with van der Waals surface area (Å²) in [5.41, 5.74) is 0.464. The molecule has 0 saturated carbocycles. The Balaban J connectivity index is 2.02. The minimum Gasteiger partial charge on any atom is -0.467 e. The molecule has 0 aliphatic carbocycles. The standard InChI is InChI=1S/C12H9Cl2NO2/c13-10-4-3-8(6-11(10)14)12(16)15-7-9-2-1-5-17-9/h1-6H,7H2,(H,15,16). The fourth-order valence-corrected chi connectivity index (χ4v) is 1.62. The molecule has 1 N–H and O–H groups in total. The number of rotatable bonds is 3. The Morgan fingerprint density at radius 1 is 1.24 bits per heavy atom. The number of carbonyl (C=O) groups excluding carboxylic acids is 1. The average molecular weight is 270 g/mol. The Morgan fingerprint density at radius 2 is 2.06 bits per heavy atom. The summed E-state index contributed by atoms with van der Waals surface area (Å²) in [6, 6.07) is 8.29. The van der Waals surface area contributed by atoms with E-state index in [1.807, 2.05) is 0 Å². The van der Waals surface area contributed by atoms with Crippen LogP contribution in [-0.2, 0) is 6.54 Å². The molecule has 0 bridgehead atoms. The number of benzene rings is 1. The van der Waals surface area contributed by atoms with Crippen LogP contribution in [0.4, 0.5) is 0 Å². The van der Waals surface area contributed by atoms with E-state index in [1.54, 1.807) is 30.5 Å². The highest BCUT2D eigenvalue weighted by atomic mass is 35.5. The normalized spacial score (nSPS) is 10.2. The zero-order valence-electron chi connectivity index (χ0n) is 8.74. The topological polar surface area (TPSA) is 42.2 Å². The zero-order valence-corrected chi connectivity index (χ0v) is 10.3.